The first kappa shape index (κ1) is 24.8. The van der Waals surface area contributed by atoms with Crippen LogP contribution < -0.4 is 16.0 Å². The Balaban J connectivity index is 0.00000320. The minimum Gasteiger partial charge on any atom is -0.444 e. The number of halogens is 1. The van der Waals surface area contributed by atoms with Crippen LogP contribution in [0.3, 0.4) is 0 Å². The summed E-state index contributed by atoms with van der Waals surface area (Å²) in [6, 6.07) is 11.3. The van der Waals surface area contributed by atoms with E-state index in [1.807, 2.05) is 27.8 Å². The maximum Gasteiger partial charge on any atom is 0.407 e. The van der Waals surface area contributed by atoms with Crippen molar-refractivity contribution in [2.24, 2.45) is 10.9 Å². The third-order valence-corrected chi connectivity index (χ3v) is 5.69. The van der Waals surface area contributed by atoms with Gasteiger partial charge in [-0.25, -0.2) is 4.79 Å². The second-order valence-electron chi connectivity index (χ2n) is 9.31. The Hall–Kier alpha value is -1.51. The standard InChI is InChI=1S/C23H36N4O2.HI/c1-23(2,3)29-22(28)27-19-12-10-18(11-13-19)26-21(24-4)25-15-17-14-20(17)16-8-6-5-7-9-16;/h5-9,17-20H,10-15H2,1-4H3,(H,27,28)(H2,24,25,26);1H. The van der Waals surface area contributed by atoms with Crippen LogP contribution in [0.4, 0.5) is 4.79 Å². The summed E-state index contributed by atoms with van der Waals surface area (Å²) in [5, 5.41) is 10.0. The van der Waals surface area contributed by atoms with Crippen molar-refractivity contribution >= 4 is 36.0 Å². The van der Waals surface area contributed by atoms with Crippen LogP contribution >= 0.6 is 24.0 Å². The molecule has 30 heavy (non-hydrogen) atoms. The van der Waals surface area contributed by atoms with Crippen LogP contribution in [-0.4, -0.2) is 43.3 Å². The summed E-state index contributed by atoms with van der Waals surface area (Å²) in [4.78, 5) is 16.3. The number of aliphatic imine (C=N–C) groups is 1. The van der Waals surface area contributed by atoms with Crippen molar-refractivity contribution in [3.05, 3.63) is 35.9 Å². The summed E-state index contributed by atoms with van der Waals surface area (Å²) in [5.74, 6) is 2.24. The van der Waals surface area contributed by atoms with Crippen LogP contribution in [0.2, 0.25) is 0 Å². The highest BCUT2D eigenvalue weighted by Crippen LogP contribution is 2.46. The number of rotatable bonds is 5. The molecule has 7 heteroatoms. The van der Waals surface area contributed by atoms with Crippen LogP contribution in [0.15, 0.2) is 35.3 Å². The highest BCUT2D eigenvalue weighted by Gasteiger charge is 2.38. The molecule has 2 unspecified atom stereocenters. The van der Waals surface area contributed by atoms with Crippen molar-refractivity contribution in [2.45, 2.75) is 76.5 Å². The van der Waals surface area contributed by atoms with Gasteiger partial charge < -0.3 is 20.7 Å². The average molecular weight is 528 g/mol. The summed E-state index contributed by atoms with van der Waals surface area (Å²) in [6.45, 7) is 6.61. The van der Waals surface area contributed by atoms with Crippen molar-refractivity contribution in [3.63, 3.8) is 0 Å². The van der Waals surface area contributed by atoms with Crippen LogP contribution in [0.25, 0.3) is 0 Å². The fraction of sp³-hybridized carbons (Fsp3) is 0.652. The summed E-state index contributed by atoms with van der Waals surface area (Å²) in [7, 11) is 1.83. The maximum atomic E-state index is 11.9. The van der Waals surface area contributed by atoms with Crippen molar-refractivity contribution in [1.82, 2.24) is 16.0 Å². The molecule has 1 amide bonds. The molecule has 0 aromatic heterocycles. The number of amides is 1. The molecule has 168 valence electrons. The van der Waals surface area contributed by atoms with E-state index in [0.717, 1.165) is 38.2 Å². The van der Waals surface area contributed by atoms with Gasteiger partial charge in [0.15, 0.2) is 5.96 Å². The Morgan fingerprint density at radius 1 is 1.07 bits per heavy atom. The third-order valence-electron chi connectivity index (χ3n) is 5.69. The zero-order valence-electron chi connectivity index (χ0n) is 18.6. The molecule has 0 saturated heterocycles. The second-order valence-corrected chi connectivity index (χ2v) is 9.31. The first-order chi connectivity index (χ1) is 13.8. The molecule has 2 aliphatic carbocycles. The van der Waals surface area contributed by atoms with Crippen LogP contribution in [0.1, 0.15) is 64.4 Å². The van der Waals surface area contributed by atoms with E-state index < -0.39 is 5.60 Å². The van der Waals surface area contributed by atoms with Gasteiger partial charge in [-0.15, -0.1) is 24.0 Å². The largest absolute Gasteiger partial charge is 0.444 e. The molecule has 2 fully saturated rings. The normalized spacial score (nSPS) is 26.2. The Morgan fingerprint density at radius 2 is 1.67 bits per heavy atom. The fourth-order valence-corrected chi connectivity index (χ4v) is 4.05. The van der Waals surface area contributed by atoms with E-state index in [0.29, 0.717) is 17.9 Å². The molecular formula is C23H37IN4O2. The van der Waals surface area contributed by atoms with Gasteiger partial charge in [0.25, 0.3) is 0 Å². The van der Waals surface area contributed by atoms with E-state index in [1.54, 1.807) is 0 Å². The molecule has 3 N–H and O–H groups in total. The van der Waals surface area contributed by atoms with Gasteiger partial charge in [0.05, 0.1) is 0 Å². The lowest BCUT2D eigenvalue weighted by Crippen LogP contribution is -2.48. The average Bonchev–Trinajstić information content (AvgIpc) is 3.45. The van der Waals surface area contributed by atoms with Gasteiger partial charge in [-0.05, 0) is 70.3 Å². The number of carbonyl (C=O) groups excluding carboxylic acids is 1. The monoisotopic (exact) mass is 528 g/mol. The fourth-order valence-electron chi connectivity index (χ4n) is 4.05. The number of hydrogen-bond donors (Lipinski definition) is 3. The number of nitrogens with zero attached hydrogens (tertiary/aromatic N) is 1. The Labute approximate surface area is 198 Å². The van der Waals surface area contributed by atoms with E-state index in [1.165, 1.54) is 12.0 Å². The minimum atomic E-state index is -0.456. The maximum absolute atomic E-state index is 11.9. The predicted octanol–water partition coefficient (Wildman–Crippen LogP) is 4.41. The SMILES string of the molecule is CN=C(NCC1CC1c1ccccc1)NC1CCC(NC(=O)OC(C)(C)C)CC1.I. The highest BCUT2D eigenvalue weighted by atomic mass is 127. The van der Waals surface area contributed by atoms with Gasteiger partial charge in [-0.2, -0.15) is 0 Å². The summed E-state index contributed by atoms with van der Waals surface area (Å²) < 4.78 is 5.36. The molecule has 2 atom stereocenters. The smallest absolute Gasteiger partial charge is 0.407 e. The number of hydrogen-bond acceptors (Lipinski definition) is 3. The van der Waals surface area contributed by atoms with E-state index in [4.69, 9.17) is 4.74 Å². The summed E-state index contributed by atoms with van der Waals surface area (Å²) in [5.41, 5.74) is 0.986. The topological polar surface area (TPSA) is 74.8 Å². The molecule has 0 bridgehead atoms. The molecular weight excluding hydrogens is 491 g/mol. The van der Waals surface area contributed by atoms with Gasteiger partial charge in [-0.1, -0.05) is 30.3 Å². The third kappa shape index (κ3) is 7.96. The van der Waals surface area contributed by atoms with Crippen LogP contribution in [-0.2, 0) is 4.74 Å². The van der Waals surface area contributed by atoms with Crippen molar-refractivity contribution < 1.29 is 9.53 Å². The molecule has 0 heterocycles. The van der Waals surface area contributed by atoms with Crippen molar-refractivity contribution in [1.29, 1.82) is 0 Å². The Bertz CT molecular complexity index is 697. The zero-order chi connectivity index (χ0) is 20.9. The van der Waals surface area contributed by atoms with Crippen LogP contribution in [0.5, 0.6) is 0 Å². The van der Waals surface area contributed by atoms with E-state index in [2.05, 4.69) is 51.3 Å². The molecule has 3 rings (SSSR count). The quantitative estimate of drug-likeness (QED) is 0.301. The molecule has 0 aliphatic heterocycles. The van der Waals surface area contributed by atoms with Gasteiger partial charge in [0.2, 0.25) is 0 Å². The molecule has 6 nitrogen and oxygen atoms in total. The lowest BCUT2D eigenvalue weighted by atomic mass is 9.91. The minimum absolute atomic E-state index is 0. The summed E-state index contributed by atoms with van der Waals surface area (Å²) in [6.07, 6.45) is 4.85. The number of benzene rings is 1. The first-order valence-corrected chi connectivity index (χ1v) is 10.9. The highest BCUT2D eigenvalue weighted by molar-refractivity contribution is 14.0. The second kappa shape index (κ2) is 11.2. The van der Waals surface area contributed by atoms with Crippen LogP contribution in [0, 0.1) is 5.92 Å². The van der Waals surface area contributed by atoms with E-state index >= 15 is 0 Å². The Morgan fingerprint density at radius 3 is 2.23 bits per heavy atom. The number of carbonyl (C=O) groups is 1. The number of alkyl carbamates (subject to hydrolysis) is 1. The lowest BCUT2D eigenvalue weighted by molar-refractivity contribution is 0.0490. The van der Waals surface area contributed by atoms with Crippen molar-refractivity contribution in [2.75, 3.05) is 13.6 Å². The molecule has 2 aliphatic rings. The predicted molar refractivity (Wildman–Crippen MR) is 133 cm³/mol. The first-order valence-electron chi connectivity index (χ1n) is 10.9. The molecule has 1 aromatic rings. The van der Waals surface area contributed by atoms with Crippen molar-refractivity contribution in [3.8, 4) is 0 Å². The number of guanidine groups is 1. The number of nitrogens with one attached hydrogen (secondary N) is 3. The van der Waals surface area contributed by atoms with Gasteiger partial charge in [-0.3, -0.25) is 4.99 Å². The van der Waals surface area contributed by atoms with Gasteiger partial charge in [0, 0.05) is 25.7 Å². The van der Waals surface area contributed by atoms with Gasteiger partial charge >= 0.3 is 6.09 Å². The molecule has 1 aromatic carbocycles. The Kier molecular flexibility index (Phi) is 9.25. The lowest BCUT2D eigenvalue weighted by Gasteiger charge is -2.31. The van der Waals surface area contributed by atoms with Gasteiger partial charge in [0.1, 0.15) is 5.60 Å². The van der Waals surface area contributed by atoms with E-state index in [9.17, 15) is 4.79 Å². The summed E-state index contributed by atoms with van der Waals surface area (Å²) >= 11 is 0. The molecule has 0 radical (unpaired) electrons. The zero-order valence-corrected chi connectivity index (χ0v) is 20.9. The molecule has 0 spiro atoms. The van der Waals surface area contributed by atoms with E-state index in [-0.39, 0.29) is 36.1 Å². The molecule has 2 saturated carbocycles. The number of ether oxygens (including phenoxy) is 1.